The number of aliphatic hydroxyl groups excluding tert-OH is 1. The number of β-amino-alcohol motifs (C(OH)–C–C–N with tert-alkyl or cyclic N) is 1. The minimum atomic E-state index is -5.08. The van der Waals surface area contributed by atoms with Crippen LogP contribution in [0.2, 0.25) is 10.0 Å². The Bertz CT molecular complexity index is 1180. The normalized spacial score (nSPS) is 20.1. The number of aliphatic hydroxyl groups is 1. The number of rotatable bonds is 6. The summed E-state index contributed by atoms with van der Waals surface area (Å²) in [7, 11) is 0. The van der Waals surface area contributed by atoms with Crippen molar-refractivity contribution >= 4 is 46.5 Å². The summed E-state index contributed by atoms with van der Waals surface area (Å²) in [5.74, 6) is -3.04. The van der Waals surface area contributed by atoms with Crippen molar-refractivity contribution in [1.29, 1.82) is 0 Å². The van der Waals surface area contributed by atoms with Crippen LogP contribution < -0.4 is 15.5 Å². The summed E-state index contributed by atoms with van der Waals surface area (Å²) in [4.78, 5) is 24.9. The number of hydrogen-bond acceptors (Lipinski definition) is 7. The summed E-state index contributed by atoms with van der Waals surface area (Å²) in [6.07, 6.45) is -3.62. The SMILES string of the molecule is CC(=O)Nc1cc(Cl)c(O)cc1N1C[C@@H](O)[C@H](NC2CCN(Cc3ccc(Cl)cc3)CC2)C1.O=C(O)C(F)(F)F. The molecule has 2 atom stereocenters. The molecule has 2 heterocycles. The lowest BCUT2D eigenvalue weighted by molar-refractivity contribution is -0.192. The summed E-state index contributed by atoms with van der Waals surface area (Å²) in [5, 5.41) is 35.3. The molecule has 40 heavy (non-hydrogen) atoms. The molecule has 0 unspecified atom stereocenters. The van der Waals surface area contributed by atoms with Gasteiger partial charge in [0, 0.05) is 43.7 Å². The number of alkyl halides is 3. The van der Waals surface area contributed by atoms with Crippen molar-refractivity contribution in [1.82, 2.24) is 10.2 Å². The van der Waals surface area contributed by atoms with Crippen LogP contribution in [0.3, 0.4) is 0 Å². The van der Waals surface area contributed by atoms with E-state index in [2.05, 4.69) is 27.7 Å². The highest BCUT2D eigenvalue weighted by atomic mass is 35.5. The van der Waals surface area contributed by atoms with Crippen LogP contribution in [-0.2, 0) is 16.1 Å². The molecule has 2 aliphatic rings. The van der Waals surface area contributed by atoms with Crippen LogP contribution in [0.1, 0.15) is 25.3 Å². The first-order valence-corrected chi connectivity index (χ1v) is 13.2. The molecular formula is C26H31Cl2F3N4O5. The fraction of sp³-hybridized carbons (Fsp3) is 0.462. The molecule has 0 aliphatic carbocycles. The number of nitrogens with zero attached hydrogens (tertiary/aromatic N) is 2. The second kappa shape index (κ2) is 13.7. The van der Waals surface area contributed by atoms with E-state index >= 15 is 0 Å². The van der Waals surface area contributed by atoms with E-state index < -0.39 is 18.2 Å². The number of carbonyl (C=O) groups is 2. The number of benzene rings is 2. The Kier molecular flexibility index (Phi) is 10.9. The first-order valence-electron chi connectivity index (χ1n) is 12.5. The number of piperidine rings is 1. The molecule has 4 rings (SSSR count). The highest BCUT2D eigenvalue weighted by Crippen LogP contribution is 2.37. The number of aliphatic carboxylic acids is 1. The van der Waals surface area contributed by atoms with Crippen molar-refractivity contribution in [3.8, 4) is 5.75 Å². The summed E-state index contributed by atoms with van der Waals surface area (Å²) in [5.41, 5.74) is 2.43. The molecule has 2 aromatic rings. The molecule has 0 saturated carbocycles. The smallest absolute Gasteiger partial charge is 0.490 e. The molecule has 220 valence electrons. The number of carbonyl (C=O) groups excluding carboxylic acids is 1. The highest BCUT2D eigenvalue weighted by molar-refractivity contribution is 6.32. The average molecular weight is 607 g/mol. The van der Waals surface area contributed by atoms with Crippen molar-refractivity contribution in [3.05, 3.63) is 52.0 Å². The summed E-state index contributed by atoms with van der Waals surface area (Å²) in [6.45, 7) is 5.29. The molecular weight excluding hydrogens is 576 g/mol. The molecule has 0 radical (unpaired) electrons. The number of likely N-dealkylation sites (tertiary alicyclic amines) is 1. The molecule has 2 saturated heterocycles. The Balaban J connectivity index is 0.000000559. The Morgan fingerprint density at radius 1 is 1.07 bits per heavy atom. The molecule has 2 aromatic carbocycles. The van der Waals surface area contributed by atoms with E-state index in [1.165, 1.54) is 24.6 Å². The highest BCUT2D eigenvalue weighted by Gasteiger charge is 2.38. The first-order chi connectivity index (χ1) is 18.7. The van der Waals surface area contributed by atoms with E-state index in [4.69, 9.17) is 33.1 Å². The van der Waals surface area contributed by atoms with Gasteiger partial charge in [0.05, 0.1) is 28.5 Å². The van der Waals surface area contributed by atoms with E-state index in [9.17, 15) is 28.2 Å². The number of anilines is 2. The molecule has 1 amide bonds. The number of phenols is 1. The topological polar surface area (TPSA) is 125 Å². The number of amides is 1. The maximum Gasteiger partial charge on any atom is 0.490 e. The summed E-state index contributed by atoms with van der Waals surface area (Å²) >= 11 is 12.0. The van der Waals surface area contributed by atoms with Gasteiger partial charge in [0.1, 0.15) is 5.75 Å². The van der Waals surface area contributed by atoms with Crippen molar-refractivity contribution in [3.63, 3.8) is 0 Å². The maximum absolute atomic E-state index is 11.6. The van der Waals surface area contributed by atoms with E-state index in [-0.39, 0.29) is 22.7 Å². The molecule has 2 aliphatic heterocycles. The Hall–Kier alpha value is -2.77. The van der Waals surface area contributed by atoms with E-state index in [0.29, 0.717) is 30.5 Å². The Morgan fingerprint density at radius 2 is 1.68 bits per heavy atom. The van der Waals surface area contributed by atoms with E-state index in [1.807, 2.05) is 17.0 Å². The van der Waals surface area contributed by atoms with Crippen molar-refractivity contribution in [2.45, 2.75) is 50.7 Å². The second-order valence-electron chi connectivity index (χ2n) is 9.73. The van der Waals surface area contributed by atoms with Crippen LogP contribution in [0.25, 0.3) is 0 Å². The number of phenolic OH excluding ortho intramolecular Hbond substituents is 1. The molecule has 9 nitrogen and oxygen atoms in total. The summed E-state index contributed by atoms with van der Waals surface area (Å²) < 4.78 is 31.7. The minimum absolute atomic E-state index is 0.0558. The zero-order valence-corrected chi connectivity index (χ0v) is 23.1. The average Bonchev–Trinajstić information content (AvgIpc) is 3.23. The van der Waals surface area contributed by atoms with Crippen LogP contribution in [-0.4, -0.2) is 82.6 Å². The number of carboxylic acid groups (broad SMARTS) is 1. The van der Waals surface area contributed by atoms with Gasteiger partial charge in [-0.3, -0.25) is 9.69 Å². The van der Waals surface area contributed by atoms with Crippen molar-refractivity contribution in [2.75, 3.05) is 36.4 Å². The first kappa shape index (κ1) is 31.8. The fourth-order valence-corrected chi connectivity index (χ4v) is 4.95. The van der Waals surface area contributed by atoms with Crippen molar-refractivity contribution < 1.29 is 38.1 Å². The molecule has 0 aromatic heterocycles. The van der Waals surface area contributed by atoms with Gasteiger partial charge in [0.25, 0.3) is 0 Å². The monoisotopic (exact) mass is 606 g/mol. The van der Waals surface area contributed by atoms with Gasteiger partial charge in [-0.05, 0) is 49.7 Å². The molecule has 0 spiro atoms. The largest absolute Gasteiger partial charge is 0.506 e. The van der Waals surface area contributed by atoms with Crippen LogP contribution in [0.4, 0.5) is 24.5 Å². The summed E-state index contributed by atoms with van der Waals surface area (Å²) in [6, 6.07) is 11.3. The third-order valence-corrected chi connectivity index (χ3v) is 7.16. The lowest BCUT2D eigenvalue weighted by atomic mass is 10.0. The number of nitrogens with one attached hydrogen (secondary N) is 2. The predicted octanol–water partition coefficient (Wildman–Crippen LogP) is 4.09. The zero-order valence-electron chi connectivity index (χ0n) is 21.6. The minimum Gasteiger partial charge on any atom is -0.506 e. The van der Waals surface area contributed by atoms with Crippen LogP contribution in [0.5, 0.6) is 5.75 Å². The standard InChI is InChI=1S/C24H30Cl2N4O3.C2HF3O2/c1-15(31)27-20-10-19(26)23(32)11-22(20)30-13-21(24(33)14-30)28-18-6-8-29(9-7-18)12-16-2-4-17(25)5-3-16;3-2(4,5)1(6)7/h2-5,10-11,18,21,24,28,32-33H,6-9,12-14H2,1H3,(H,27,31);(H,6,7)/t21-,24-;/m1./s1. The van der Waals surface area contributed by atoms with Crippen molar-refractivity contribution in [2.24, 2.45) is 0 Å². The maximum atomic E-state index is 11.6. The molecule has 0 bridgehead atoms. The van der Waals surface area contributed by atoms with Gasteiger partial charge in [-0.25, -0.2) is 4.79 Å². The van der Waals surface area contributed by atoms with Crippen LogP contribution >= 0.6 is 23.2 Å². The van der Waals surface area contributed by atoms with Gasteiger partial charge in [-0.1, -0.05) is 35.3 Å². The zero-order chi connectivity index (χ0) is 29.6. The predicted molar refractivity (Wildman–Crippen MR) is 146 cm³/mol. The third kappa shape index (κ3) is 9.13. The third-order valence-electron chi connectivity index (χ3n) is 6.60. The lowest BCUT2D eigenvalue weighted by Crippen LogP contribution is -2.49. The number of carboxylic acids is 1. The van der Waals surface area contributed by atoms with Crippen LogP contribution in [0, 0.1) is 0 Å². The fourth-order valence-electron chi connectivity index (χ4n) is 4.66. The Morgan fingerprint density at radius 3 is 2.23 bits per heavy atom. The number of hydrogen-bond donors (Lipinski definition) is 5. The van der Waals surface area contributed by atoms with Gasteiger partial charge in [0.2, 0.25) is 5.91 Å². The number of aromatic hydroxyl groups is 1. The second-order valence-corrected chi connectivity index (χ2v) is 10.6. The van der Waals surface area contributed by atoms with Gasteiger partial charge in [-0.2, -0.15) is 13.2 Å². The molecule has 14 heteroatoms. The van der Waals surface area contributed by atoms with E-state index in [1.54, 1.807) is 0 Å². The van der Waals surface area contributed by atoms with Gasteiger partial charge >= 0.3 is 12.1 Å². The van der Waals surface area contributed by atoms with Gasteiger partial charge < -0.3 is 30.9 Å². The molecule has 2 fully saturated rings. The van der Waals surface area contributed by atoms with Gasteiger partial charge in [-0.15, -0.1) is 0 Å². The molecule has 5 N–H and O–H groups in total. The number of halogens is 5. The Labute approximate surface area is 239 Å². The van der Waals surface area contributed by atoms with Crippen LogP contribution in [0.15, 0.2) is 36.4 Å². The van der Waals surface area contributed by atoms with Gasteiger partial charge in [0.15, 0.2) is 0 Å². The lowest BCUT2D eigenvalue weighted by Gasteiger charge is -2.34. The quantitative estimate of drug-likeness (QED) is 0.311. The van der Waals surface area contributed by atoms with E-state index in [0.717, 1.165) is 37.5 Å².